The zero-order valence-corrected chi connectivity index (χ0v) is 15.8. The highest BCUT2D eigenvalue weighted by Gasteiger charge is 2.15. The Bertz CT molecular complexity index is 502. The number of esters is 2. The second-order valence-corrected chi connectivity index (χ2v) is 6.24. The molecule has 0 radical (unpaired) electrons. The summed E-state index contributed by atoms with van der Waals surface area (Å²) in [5.41, 5.74) is 0.818. The van der Waals surface area contributed by atoms with E-state index in [0.29, 0.717) is 19.8 Å². The van der Waals surface area contributed by atoms with E-state index >= 15 is 0 Å². The molecule has 0 atom stereocenters. The van der Waals surface area contributed by atoms with Crippen LogP contribution in [-0.4, -0.2) is 38.2 Å². The van der Waals surface area contributed by atoms with Gasteiger partial charge in [-0.05, 0) is 32.0 Å². The van der Waals surface area contributed by atoms with Crippen LogP contribution in [0.3, 0.4) is 0 Å². The molecule has 1 rings (SSSR count). The van der Waals surface area contributed by atoms with Gasteiger partial charge in [0.05, 0.1) is 19.6 Å². The molecule has 0 saturated carbocycles. The maximum absolute atomic E-state index is 11.8. The van der Waals surface area contributed by atoms with E-state index in [-0.39, 0.29) is 24.9 Å². The number of halogens is 2. The molecule has 0 heterocycles. The summed E-state index contributed by atoms with van der Waals surface area (Å²) in [6.07, 6.45) is 0.206. The quantitative estimate of drug-likeness (QED) is 0.583. The maximum Gasteiger partial charge on any atom is 0.325 e. The van der Waals surface area contributed by atoms with Crippen LogP contribution in [0.1, 0.15) is 20.3 Å². The number of benzene rings is 1. The molecular weight excluding hydrogens is 418 g/mol. The summed E-state index contributed by atoms with van der Waals surface area (Å²) < 4.78 is 11.7. The van der Waals surface area contributed by atoms with E-state index in [1.165, 1.54) is 0 Å². The first-order valence-corrected chi connectivity index (χ1v) is 8.57. The Kier molecular flexibility index (Phi) is 8.48. The van der Waals surface area contributed by atoms with Gasteiger partial charge in [0.15, 0.2) is 0 Å². The van der Waals surface area contributed by atoms with E-state index < -0.39 is 0 Å². The Morgan fingerprint density at radius 3 is 2.09 bits per heavy atom. The van der Waals surface area contributed by atoms with Crippen molar-refractivity contribution in [2.24, 2.45) is 0 Å². The molecule has 5 nitrogen and oxygen atoms in total. The molecule has 0 aliphatic heterocycles. The van der Waals surface area contributed by atoms with Crippen molar-refractivity contribution < 1.29 is 19.1 Å². The molecule has 0 spiro atoms. The Labute approximate surface area is 147 Å². The van der Waals surface area contributed by atoms with Crippen molar-refractivity contribution >= 4 is 49.5 Å². The van der Waals surface area contributed by atoms with Crippen molar-refractivity contribution in [1.82, 2.24) is 0 Å². The van der Waals surface area contributed by atoms with Gasteiger partial charge in [-0.1, -0.05) is 31.9 Å². The zero-order chi connectivity index (χ0) is 16.5. The molecule has 0 amide bonds. The Morgan fingerprint density at radius 1 is 1.00 bits per heavy atom. The van der Waals surface area contributed by atoms with E-state index in [9.17, 15) is 9.59 Å². The Hall–Kier alpha value is -1.08. The highest BCUT2D eigenvalue weighted by molar-refractivity contribution is 9.11. The van der Waals surface area contributed by atoms with E-state index in [4.69, 9.17) is 9.47 Å². The van der Waals surface area contributed by atoms with Gasteiger partial charge in [-0.3, -0.25) is 9.59 Å². The topological polar surface area (TPSA) is 55.8 Å². The molecule has 22 heavy (non-hydrogen) atoms. The number of carbonyl (C=O) groups is 2. The summed E-state index contributed by atoms with van der Waals surface area (Å²) in [6, 6.07) is 5.67. The molecule has 0 fully saturated rings. The fourth-order valence-corrected chi connectivity index (χ4v) is 3.11. The monoisotopic (exact) mass is 435 g/mol. The fraction of sp³-hybridized carbons (Fsp3) is 0.467. The number of hydrogen-bond donors (Lipinski definition) is 0. The van der Waals surface area contributed by atoms with Crippen LogP contribution >= 0.6 is 31.9 Å². The number of anilines is 1. The van der Waals surface area contributed by atoms with Crippen LogP contribution in [0.5, 0.6) is 0 Å². The van der Waals surface area contributed by atoms with Gasteiger partial charge in [-0.15, -0.1) is 0 Å². The largest absolute Gasteiger partial charge is 0.466 e. The van der Waals surface area contributed by atoms with Gasteiger partial charge in [-0.25, -0.2) is 0 Å². The van der Waals surface area contributed by atoms with Gasteiger partial charge in [0.1, 0.15) is 6.54 Å². The molecule has 7 heteroatoms. The van der Waals surface area contributed by atoms with Crippen LogP contribution in [0.15, 0.2) is 27.1 Å². The SMILES string of the molecule is CCOC(=O)CCN(CC(=O)OCC)c1cc(Br)cc(Br)c1. The molecule has 0 aliphatic carbocycles. The van der Waals surface area contributed by atoms with Crippen LogP contribution in [0.25, 0.3) is 0 Å². The van der Waals surface area contributed by atoms with Crippen molar-refractivity contribution in [3.05, 3.63) is 27.1 Å². The van der Waals surface area contributed by atoms with Gasteiger partial charge in [0, 0.05) is 21.2 Å². The van der Waals surface area contributed by atoms with E-state index in [0.717, 1.165) is 14.6 Å². The van der Waals surface area contributed by atoms with E-state index in [1.807, 2.05) is 18.2 Å². The number of hydrogen-bond acceptors (Lipinski definition) is 5. The lowest BCUT2D eigenvalue weighted by Gasteiger charge is -2.24. The first kappa shape index (κ1) is 19.0. The highest BCUT2D eigenvalue weighted by atomic mass is 79.9. The molecule has 0 unspecified atom stereocenters. The van der Waals surface area contributed by atoms with Gasteiger partial charge >= 0.3 is 11.9 Å². The average molecular weight is 437 g/mol. The Morgan fingerprint density at radius 2 is 1.55 bits per heavy atom. The van der Waals surface area contributed by atoms with Crippen molar-refractivity contribution in [3.63, 3.8) is 0 Å². The van der Waals surface area contributed by atoms with Crippen molar-refractivity contribution in [2.45, 2.75) is 20.3 Å². The second-order valence-electron chi connectivity index (χ2n) is 4.41. The van der Waals surface area contributed by atoms with Crippen LogP contribution in [0.2, 0.25) is 0 Å². The minimum absolute atomic E-state index is 0.0795. The summed E-state index contributed by atoms with van der Waals surface area (Å²) in [6.45, 7) is 4.65. The standard InChI is InChI=1S/C15H19Br2NO4/c1-3-21-14(19)5-6-18(10-15(20)22-4-2)13-8-11(16)7-12(17)9-13/h7-9H,3-6,10H2,1-2H3. The summed E-state index contributed by atoms with van der Waals surface area (Å²) in [7, 11) is 0. The second kappa shape index (κ2) is 9.84. The minimum Gasteiger partial charge on any atom is -0.466 e. The predicted octanol–water partition coefficient (Wildman–Crippen LogP) is 3.53. The lowest BCUT2D eigenvalue weighted by molar-refractivity contribution is -0.144. The van der Waals surface area contributed by atoms with E-state index in [2.05, 4.69) is 31.9 Å². The predicted molar refractivity (Wildman–Crippen MR) is 91.9 cm³/mol. The molecule has 0 N–H and O–H groups in total. The molecule has 0 bridgehead atoms. The van der Waals surface area contributed by atoms with Crippen LogP contribution in [0, 0.1) is 0 Å². The molecule has 1 aromatic rings. The summed E-state index contributed by atoms with van der Waals surface area (Å²) in [5, 5.41) is 0. The Balaban J connectivity index is 2.84. The molecular formula is C15H19Br2NO4. The van der Waals surface area contributed by atoms with Crippen molar-refractivity contribution in [1.29, 1.82) is 0 Å². The third kappa shape index (κ3) is 6.79. The van der Waals surface area contributed by atoms with E-state index in [1.54, 1.807) is 18.7 Å². The number of nitrogens with zero attached hydrogens (tertiary/aromatic N) is 1. The third-order valence-corrected chi connectivity index (χ3v) is 3.64. The summed E-state index contributed by atoms with van der Waals surface area (Å²) >= 11 is 6.84. The normalized spacial score (nSPS) is 10.2. The lowest BCUT2D eigenvalue weighted by atomic mass is 10.2. The number of ether oxygens (including phenoxy) is 2. The van der Waals surface area contributed by atoms with Crippen LogP contribution in [0.4, 0.5) is 5.69 Å². The van der Waals surface area contributed by atoms with Gasteiger partial charge in [-0.2, -0.15) is 0 Å². The maximum atomic E-state index is 11.8. The van der Waals surface area contributed by atoms with Crippen molar-refractivity contribution in [2.75, 3.05) is 31.2 Å². The first-order chi connectivity index (χ1) is 10.5. The molecule has 1 aromatic carbocycles. The molecule has 0 aromatic heterocycles. The van der Waals surface area contributed by atoms with Gasteiger partial charge < -0.3 is 14.4 Å². The molecule has 0 saturated heterocycles. The third-order valence-electron chi connectivity index (χ3n) is 2.73. The van der Waals surface area contributed by atoms with Crippen LogP contribution < -0.4 is 4.90 Å². The van der Waals surface area contributed by atoms with Crippen LogP contribution in [-0.2, 0) is 19.1 Å². The van der Waals surface area contributed by atoms with Crippen molar-refractivity contribution in [3.8, 4) is 0 Å². The van der Waals surface area contributed by atoms with Gasteiger partial charge in [0.2, 0.25) is 0 Å². The summed E-state index contributed by atoms with van der Waals surface area (Å²) in [5.74, 6) is -0.618. The molecule has 0 aliphatic rings. The molecule has 122 valence electrons. The smallest absolute Gasteiger partial charge is 0.325 e. The summed E-state index contributed by atoms with van der Waals surface area (Å²) in [4.78, 5) is 25.1. The fourth-order valence-electron chi connectivity index (χ4n) is 1.84. The average Bonchev–Trinajstić information content (AvgIpc) is 2.43. The van der Waals surface area contributed by atoms with Gasteiger partial charge in [0.25, 0.3) is 0 Å². The number of rotatable bonds is 8. The first-order valence-electron chi connectivity index (χ1n) is 6.98. The zero-order valence-electron chi connectivity index (χ0n) is 12.6. The highest BCUT2D eigenvalue weighted by Crippen LogP contribution is 2.26. The minimum atomic E-state index is -0.331. The number of carbonyl (C=O) groups excluding carboxylic acids is 2. The lowest BCUT2D eigenvalue weighted by Crippen LogP contribution is -2.33.